The van der Waals surface area contributed by atoms with E-state index >= 15 is 0 Å². The van der Waals surface area contributed by atoms with Gasteiger partial charge in [0, 0.05) is 18.0 Å². The van der Waals surface area contributed by atoms with E-state index in [2.05, 4.69) is 4.74 Å². The van der Waals surface area contributed by atoms with Gasteiger partial charge in [0.2, 0.25) is 5.78 Å². The quantitative estimate of drug-likeness (QED) is 0.285. The summed E-state index contributed by atoms with van der Waals surface area (Å²) in [5, 5.41) is 0.752. The van der Waals surface area contributed by atoms with Crippen LogP contribution in [0.15, 0.2) is 78.9 Å². The van der Waals surface area contributed by atoms with Gasteiger partial charge in [-0.25, -0.2) is 4.79 Å². The van der Waals surface area contributed by atoms with E-state index in [1.807, 2.05) is 66.2 Å². The van der Waals surface area contributed by atoms with E-state index in [9.17, 15) is 18.4 Å². The SMILES string of the molecule is Cn1c(-c2ccccc2)c(C(=O)COC(=O)c2cccc(OC(F)F)c2)c2ccccc21. The molecule has 32 heavy (non-hydrogen) atoms. The first-order valence-corrected chi connectivity index (χ1v) is 9.83. The smallest absolute Gasteiger partial charge is 0.387 e. The molecule has 4 rings (SSSR count). The molecule has 1 heterocycles. The highest BCUT2D eigenvalue weighted by Gasteiger charge is 2.23. The van der Waals surface area contributed by atoms with Gasteiger partial charge < -0.3 is 14.0 Å². The van der Waals surface area contributed by atoms with Crippen LogP contribution < -0.4 is 4.74 Å². The van der Waals surface area contributed by atoms with E-state index in [4.69, 9.17) is 4.74 Å². The highest BCUT2D eigenvalue weighted by molar-refractivity contribution is 6.14. The number of ketones is 1. The average molecular weight is 435 g/mol. The molecule has 7 heteroatoms. The predicted molar refractivity (Wildman–Crippen MR) is 116 cm³/mol. The molecule has 0 amide bonds. The lowest BCUT2D eigenvalue weighted by Gasteiger charge is -2.09. The van der Waals surface area contributed by atoms with Crippen LogP contribution in [0.25, 0.3) is 22.2 Å². The summed E-state index contributed by atoms with van der Waals surface area (Å²) in [5.74, 6) is -1.34. The lowest BCUT2D eigenvalue weighted by atomic mass is 10.0. The fourth-order valence-corrected chi connectivity index (χ4v) is 3.70. The number of carbonyl (C=O) groups excluding carboxylic acids is 2. The third-order valence-corrected chi connectivity index (χ3v) is 5.06. The number of aryl methyl sites for hydroxylation is 1. The monoisotopic (exact) mass is 435 g/mol. The Balaban J connectivity index is 1.62. The summed E-state index contributed by atoms with van der Waals surface area (Å²) in [7, 11) is 1.88. The second-order valence-corrected chi connectivity index (χ2v) is 7.07. The number of Topliss-reactive ketones (excluding diaryl/α,β-unsaturated/α-hetero) is 1. The third-order valence-electron chi connectivity index (χ3n) is 5.06. The van der Waals surface area contributed by atoms with Crippen LogP contribution in [0.1, 0.15) is 20.7 Å². The van der Waals surface area contributed by atoms with E-state index in [0.717, 1.165) is 28.2 Å². The summed E-state index contributed by atoms with van der Waals surface area (Å²) in [6.07, 6.45) is 0. The summed E-state index contributed by atoms with van der Waals surface area (Å²) in [4.78, 5) is 25.6. The normalized spacial score (nSPS) is 11.0. The molecule has 0 unspecified atom stereocenters. The predicted octanol–water partition coefficient (Wildman–Crippen LogP) is 5.49. The Bertz CT molecular complexity index is 1280. The van der Waals surface area contributed by atoms with E-state index in [-0.39, 0.29) is 17.1 Å². The van der Waals surface area contributed by atoms with Crippen molar-refractivity contribution in [2.45, 2.75) is 6.61 Å². The Morgan fingerprint density at radius 1 is 0.938 bits per heavy atom. The van der Waals surface area contributed by atoms with E-state index in [0.29, 0.717) is 5.56 Å². The summed E-state index contributed by atoms with van der Waals surface area (Å²) in [6.45, 7) is -3.50. The zero-order valence-electron chi connectivity index (χ0n) is 17.1. The molecule has 0 spiro atoms. The van der Waals surface area contributed by atoms with Gasteiger partial charge >= 0.3 is 12.6 Å². The van der Waals surface area contributed by atoms with E-state index in [1.54, 1.807) is 0 Å². The van der Waals surface area contributed by atoms with Gasteiger partial charge in [-0.1, -0.05) is 54.6 Å². The Kier molecular flexibility index (Phi) is 5.98. The number of hydrogen-bond donors (Lipinski definition) is 0. The van der Waals surface area contributed by atoms with Crippen molar-refractivity contribution < 1.29 is 27.8 Å². The second kappa shape index (κ2) is 9.01. The van der Waals surface area contributed by atoms with Crippen LogP contribution in [0.3, 0.4) is 0 Å². The fraction of sp³-hybridized carbons (Fsp3) is 0.120. The van der Waals surface area contributed by atoms with Crippen molar-refractivity contribution in [3.05, 3.63) is 90.0 Å². The molecule has 0 aliphatic heterocycles. The lowest BCUT2D eigenvalue weighted by Crippen LogP contribution is -2.15. The molecule has 5 nitrogen and oxygen atoms in total. The fourth-order valence-electron chi connectivity index (χ4n) is 3.70. The number of carbonyl (C=O) groups is 2. The number of alkyl halides is 2. The number of ether oxygens (including phenoxy) is 2. The first-order valence-electron chi connectivity index (χ1n) is 9.83. The first kappa shape index (κ1) is 21.2. The molecule has 3 aromatic carbocycles. The van der Waals surface area contributed by atoms with Crippen LogP contribution in [0.5, 0.6) is 5.75 Å². The molecular formula is C25H19F2NO4. The van der Waals surface area contributed by atoms with Crippen LogP contribution in [-0.2, 0) is 11.8 Å². The molecule has 0 bridgehead atoms. The molecular weight excluding hydrogens is 416 g/mol. The maximum atomic E-state index is 13.2. The van der Waals surface area contributed by atoms with Crippen molar-refractivity contribution in [3.8, 4) is 17.0 Å². The maximum Gasteiger partial charge on any atom is 0.387 e. The topological polar surface area (TPSA) is 57.5 Å². The van der Waals surface area contributed by atoms with Crippen molar-refractivity contribution in [1.82, 2.24) is 4.57 Å². The van der Waals surface area contributed by atoms with Crippen molar-refractivity contribution >= 4 is 22.7 Å². The highest BCUT2D eigenvalue weighted by atomic mass is 19.3. The number of aromatic nitrogens is 1. The molecule has 0 saturated carbocycles. The number of fused-ring (bicyclic) bond motifs is 1. The number of para-hydroxylation sites is 1. The Labute approximate surface area is 182 Å². The summed E-state index contributed by atoms with van der Waals surface area (Å²) in [5.41, 5.74) is 2.92. The molecule has 0 N–H and O–H groups in total. The van der Waals surface area contributed by atoms with Gasteiger partial charge in [0.25, 0.3) is 0 Å². The average Bonchev–Trinajstić information content (AvgIpc) is 3.10. The van der Waals surface area contributed by atoms with Gasteiger partial charge in [-0.3, -0.25) is 4.79 Å². The Morgan fingerprint density at radius 2 is 1.66 bits per heavy atom. The van der Waals surface area contributed by atoms with Crippen LogP contribution in [0.2, 0.25) is 0 Å². The van der Waals surface area contributed by atoms with Crippen molar-refractivity contribution in [3.63, 3.8) is 0 Å². The standard InChI is InChI=1S/C25H19F2NO4/c1-28-20-13-6-5-12-19(20)22(23(28)16-8-3-2-4-9-16)21(29)15-31-24(30)17-10-7-11-18(14-17)32-25(26)27/h2-14,25H,15H2,1H3. The number of halogens is 2. The van der Waals surface area contributed by atoms with Crippen LogP contribution in [0.4, 0.5) is 8.78 Å². The Morgan fingerprint density at radius 3 is 2.41 bits per heavy atom. The first-order chi connectivity index (χ1) is 15.5. The maximum absolute atomic E-state index is 13.2. The number of esters is 1. The summed E-state index contributed by atoms with van der Waals surface area (Å²) >= 11 is 0. The number of rotatable bonds is 7. The van der Waals surface area contributed by atoms with Gasteiger partial charge in [0.05, 0.1) is 16.8 Å². The minimum absolute atomic E-state index is 0.0113. The van der Waals surface area contributed by atoms with Crippen LogP contribution >= 0.6 is 0 Å². The van der Waals surface area contributed by atoms with Gasteiger partial charge in [-0.05, 0) is 29.8 Å². The molecule has 0 saturated heterocycles. The van der Waals surface area contributed by atoms with E-state index in [1.165, 1.54) is 18.2 Å². The third kappa shape index (κ3) is 4.23. The highest BCUT2D eigenvalue weighted by Crippen LogP contribution is 2.33. The van der Waals surface area contributed by atoms with Gasteiger partial charge in [0.1, 0.15) is 5.75 Å². The van der Waals surface area contributed by atoms with Crippen LogP contribution in [0, 0.1) is 0 Å². The van der Waals surface area contributed by atoms with Gasteiger partial charge in [0.15, 0.2) is 6.61 Å². The number of hydrogen-bond acceptors (Lipinski definition) is 4. The van der Waals surface area contributed by atoms with Crippen molar-refractivity contribution in [2.75, 3.05) is 6.61 Å². The number of benzene rings is 3. The zero-order valence-corrected chi connectivity index (χ0v) is 17.1. The number of nitrogens with zero attached hydrogens (tertiary/aromatic N) is 1. The summed E-state index contributed by atoms with van der Waals surface area (Å²) < 4.78 is 36.3. The summed E-state index contributed by atoms with van der Waals surface area (Å²) in [6, 6.07) is 22.2. The van der Waals surface area contributed by atoms with Gasteiger partial charge in [-0.2, -0.15) is 8.78 Å². The zero-order chi connectivity index (χ0) is 22.7. The van der Waals surface area contributed by atoms with Crippen LogP contribution in [-0.4, -0.2) is 29.5 Å². The minimum atomic E-state index is -3.01. The van der Waals surface area contributed by atoms with E-state index < -0.39 is 19.2 Å². The minimum Gasteiger partial charge on any atom is -0.454 e. The van der Waals surface area contributed by atoms with Crippen molar-refractivity contribution in [1.29, 1.82) is 0 Å². The molecule has 1 aromatic heterocycles. The second-order valence-electron chi connectivity index (χ2n) is 7.07. The lowest BCUT2D eigenvalue weighted by molar-refractivity contribution is -0.0499. The molecule has 0 atom stereocenters. The molecule has 0 aliphatic carbocycles. The molecule has 4 aromatic rings. The Hall–Kier alpha value is -4.00. The van der Waals surface area contributed by atoms with Gasteiger partial charge in [-0.15, -0.1) is 0 Å². The largest absolute Gasteiger partial charge is 0.454 e. The molecule has 0 fully saturated rings. The molecule has 0 aliphatic rings. The molecule has 0 radical (unpaired) electrons. The molecule has 162 valence electrons. The van der Waals surface area contributed by atoms with Crippen molar-refractivity contribution in [2.24, 2.45) is 7.05 Å².